The summed E-state index contributed by atoms with van der Waals surface area (Å²) in [4.78, 5) is 33.4. The molecular weight excluding hydrogens is 394 g/mol. The van der Waals surface area contributed by atoms with E-state index in [0.29, 0.717) is 38.4 Å². The van der Waals surface area contributed by atoms with Crippen molar-refractivity contribution in [2.24, 2.45) is 0 Å². The largest absolute Gasteiger partial charge is 0.378 e. The number of nitrogens with zero attached hydrogens (tertiary/aromatic N) is 3. The first kappa shape index (κ1) is 21.1. The number of benzene rings is 1. The SMILES string of the molecule is O=C(NC1CCN(C(=O)NCc2ccnc(N3CCOCC3)c2)CC1)c1ccccc1. The number of hydrogen-bond donors (Lipinski definition) is 2. The molecule has 31 heavy (non-hydrogen) atoms. The lowest BCUT2D eigenvalue weighted by Crippen LogP contribution is -2.49. The Labute approximate surface area is 182 Å². The predicted molar refractivity (Wildman–Crippen MR) is 118 cm³/mol. The molecule has 1 aromatic heterocycles. The highest BCUT2D eigenvalue weighted by Gasteiger charge is 2.24. The van der Waals surface area contributed by atoms with Crippen LogP contribution in [0.25, 0.3) is 0 Å². The van der Waals surface area contributed by atoms with E-state index in [1.165, 1.54) is 0 Å². The second-order valence-corrected chi connectivity index (χ2v) is 7.88. The fourth-order valence-corrected chi connectivity index (χ4v) is 3.91. The number of anilines is 1. The number of piperidine rings is 1. The van der Waals surface area contributed by atoms with E-state index in [4.69, 9.17) is 4.74 Å². The van der Waals surface area contributed by atoms with E-state index in [1.807, 2.05) is 47.4 Å². The molecular formula is C23H29N5O3. The first-order valence-electron chi connectivity index (χ1n) is 10.9. The maximum atomic E-state index is 12.6. The van der Waals surface area contributed by atoms with Gasteiger partial charge in [-0.2, -0.15) is 0 Å². The Hall–Kier alpha value is -3.13. The maximum Gasteiger partial charge on any atom is 0.317 e. The van der Waals surface area contributed by atoms with Gasteiger partial charge in [-0.3, -0.25) is 4.79 Å². The van der Waals surface area contributed by atoms with Crippen molar-refractivity contribution in [1.29, 1.82) is 0 Å². The molecule has 0 spiro atoms. The van der Waals surface area contributed by atoms with Crippen LogP contribution in [0, 0.1) is 0 Å². The predicted octanol–water partition coefficient (Wildman–Crippen LogP) is 2.02. The Morgan fingerprint density at radius 1 is 1.03 bits per heavy atom. The molecule has 3 amide bonds. The number of ether oxygens (including phenoxy) is 1. The Morgan fingerprint density at radius 3 is 2.52 bits per heavy atom. The van der Waals surface area contributed by atoms with Gasteiger partial charge in [-0.05, 0) is 42.7 Å². The molecule has 3 heterocycles. The number of likely N-dealkylation sites (tertiary alicyclic amines) is 1. The molecule has 2 saturated heterocycles. The van der Waals surface area contributed by atoms with Crippen molar-refractivity contribution in [1.82, 2.24) is 20.5 Å². The van der Waals surface area contributed by atoms with Gasteiger partial charge < -0.3 is 25.2 Å². The quantitative estimate of drug-likeness (QED) is 0.769. The summed E-state index contributed by atoms with van der Waals surface area (Å²) in [6, 6.07) is 13.2. The van der Waals surface area contributed by atoms with E-state index in [1.54, 1.807) is 6.20 Å². The minimum Gasteiger partial charge on any atom is -0.378 e. The van der Waals surface area contributed by atoms with Gasteiger partial charge in [0.05, 0.1) is 13.2 Å². The van der Waals surface area contributed by atoms with E-state index in [9.17, 15) is 9.59 Å². The highest BCUT2D eigenvalue weighted by atomic mass is 16.5. The van der Waals surface area contributed by atoms with Gasteiger partial charge >= 0.3 is 6.03 Å². The topological polar surface area (TPSA) is 86.8 Å². The summed E-state index contributed by atoms with van der Waals surface area (Å²) < 4.78 is 5.39. The van der Waals surface area contributed by atoms with Gasteiger partial charge in [-0.25, -0.2) is 9.78 Å². The third-order valence-corrected chi connectivity index (χ3v) is 5.74. The number of rotatable bonds is 5. The molecule has 2 aromatic rings. The normalized spacial score (nSPS) is 17.3. The summed E-state index contributed by atoms with van der Waals surface area (Å²) >= 11 is 0. The summed E-state index contributed by atoms with van der Waals surface area (Å²) in [6.45, 7) is 4.80. The van der Waals surface area contributed by atoms with Gasteiger partial charge in [0.2, 0.25) is 0 Å². The van der Waals surface area contributed by atoms with Crippen molar-refractivity contribution in [3.05, 3.63) is 59.8 Å². The molecule has 164 valence electrons. The number of pyridine rings is 1. The first-order chi connectivity index (χ1) is 15.2. The van der Waals surface area contributed by atoms with Crippen LogP contribution < -0.4 is 15.5 Å². The number of hydrogen-bond acceptors (Lipinski definition) is 5. The van der Waals surface area contributed by atoms with E-state index >= 15 is 0 Å². The van der Waals surface area contributed by atoms with Crippen LogP contribution in [0.15, 0.2) is 48.7 Å². The minimum absolute atomic E-state index is 0.0581. The van der Waals surface area contributed by atoms with Gasteiger partial charge in [0.1, 0.15) is 5.82 Å². The Balaban J connectivity index is 1.22. The summed E-state index contributed by atoms with van der Waals surface area (Å²) in [5.74, 6) is 0.863. The molecule has 8 heteroatoms. The van der Waals surface area contributed by atoms with Crippen LogP contribution in [0.3, 0.4) is 0 Å². The van der Waals surface area contributed by atoms with Gasteiger partial charge in [0, 0.05) is 50.5 Å². The van der Waals surface area contributed by atoms with E-state index in [-0.39, 0.29) is 18.0 Å². The summed E-state index contributed by atoms with van der Waals surface area (Å²) in [7, 11) is 0. The smallest absolute Gasteiger partial charge is 0.317 e. The Kier molecular flexibility index (Phi) is 6.99. The first-order valence-corrected chi connectivity index (χ1v) is 10.9. The van der Waals surface area contributed by atoms with Gasteiger partial charge in [0.25, 0.3) is 5.91 Å². The lowest BCUT2D eigenvalue weighted by Gasteiger charge is -2.32. The molecule has 4 rings (SSSR count). The van der Waals surface area contributed by atoms with E-state index in [0.717, 1.165) is 37.3 Å². The van der Waals surface area contributed by atoms with Gasteiger partial charge in [-0.1, -0.05) is 18.2 Å². The molecule has 0 unspecified atom stereocenters. The van der Waals surface area contributed by atoms with Crippen molar-refractivity contribution < 1.29 is 14.3 Å². The van der Waals surface area contributed by atoms with Crippen LogP contribution >= 0.6 is 0 Å². The second kappa shape index (κ2) is 10.3. The number of amides is 3. The highest BCUT2D eigenvalue weighted by molar-refractivity contribution is 5.94. The third kappa shape index (κ3) is 5.73. The minimum atomic E-state index is -0.0717. The van der Waals surface area contributed by atoms with Crippen LogP contribution in [0.2, 0.25) is 0 Å². The monoisotopic (exact) mass is 423 g/mol. The molecule has 8 nitrogen and oxygen atoms in total. The zero-order valence-corrected chi connectivity index (χ0v) is 17.6. The average molecular weight is 424 g/mol. The van der Waals surface area contributed by atoms with Crippen LogP contribution in [-0.2, 0) is 11.3 Å². The maximum absolute atomic E-state index is 12.6. The second-order valence-electron chi connectivity index (χ2n) is 7.88. The number of morpholine rings is 1. The molecule has 0 radical (unpaired) electrons. The van der Waals surface area contributed by atoms with Crippen LogP contribution in [0.5, 0.6) is 0 Å². The summed E-state index contributed by atoms with van der Waals surface area (Å²) in [5, 5.41) is 6.08. The van der Waals surface area contributed by atoms with Crippen LogP contribution in [0.4, 0.5) is 10.6 Å². The summed E-state index contributed by atoms with van der Waals surface area (Å²) in [6.07, 6.45) is 3.29. The number of nitrogens with one attached hydrogen (secondary N) is 2. The Morgan fingerprint density at radius 2 is 1.77 bits per heavy atom. The third-order valence-electron chi connectivity index (χ3n) is 5.74. The lowest BCUT2D eigenvalue weighted by molar-refractivity contribution is 0.0918. The van der Waals surface area contributed by atoms with Gasteiger partial charge in [-0.15, -0.1) is 0 Å². The molecule has 2 fully saturated rings. The van der Waals surface area contributed by atoms with Crippen molar-refractivity contribution in [3.63, 3.8) is 0 Å². The molecule has 2 aliphatic rings. The number of urea groups is 1. The zero-order chi connectivity index (χ0) is 21.5. The number of aromatic nitrogens is 1. The molecule has 1 aromatic carbocycles. The standard InChI is InChI=1S/C23H29N5O3/c29-22(19-4-2-1-3-5-19)26-20-7-10-28(11-8-20)23(30)25-17-18-6-9-24-21(16-18)27-12-14-31-15-13-27/h1-6,9,16,20H,7-8,10-15,17H2,(H,25,30)(H,26,29). The average Bonchev–Trinajstić information content (AvgIpc) is 2.84. The zero-order valence-electron chi connectivity index (χ0n) is 17.6. The Bertz CT molecular complexity index is 878. The van der Waals surface area contributed by atoms with Crippen molar-refractivity contribution in [2.75, 3.05) is 44.3 Å². The molecule has 2 N–H and O–H groups in total. The molecule has 0 atom stereocenters. The molecule has 0 aliphatic carbocycles. The number of carbonyl (C=O) groups excluding carboxylic acids is 2. The van der Waals surface area contributed by atoms with E-state index < -0.39 is 0 Å². The van der Waals surface area contributed by atoms with Crippen LogP contribution in [0.1, 0.15) is 28.8 Å². The molecule has 2 aliphatic heterocycles. The van der Waals surface area contributed by atoms with Crippen molar-refractivity contribution >= 4 is 17.8 Å². The van der Waals surface area contributed by atoms with Gasteiger partial charge in [0.15, 0.2) is 0 Å². The highest BCUT2D eigenvalue weighted by Crippen LogP contribution is 2.15. The lowest BCUT2D eigenvalue weighted by atomic mass is 10.0. The fraction of sp³-hybridized carbons (Fsp3) is 0.435. The fourth-order valence-electron chi connectivity index (χ4n) is 3.91. The molecule has 0 bridgehead atoms. The number of carbonyl (C=O) groups is 2. The van der Waals surface area contributed by atoms with Crippen molar-refractivity contribution in [2.45, 2.75) is 25.4 Å². The summed E-state index contributed by atoms with van der Waals surface area (Å²) in [5.41, 5.74) is 1.69. The van der Waals surface area contributed by atoms with Crippen molar-refractivity contribution in [3.8, 4) is 0 Å². The molecule has 0 saturated carbocycles. The van der Waals surface area contributed by atoms with Crippen LogP contribution in [-0.4, -0.2) is 67.3 Å². The van der Waals surface area contributed by atoms with E-state index in [2.05, 4.69) is 20.5 Å².